The molecule has 19 heavy (non-hydrogen) atoms. The highest BCUT2D eigenvalue weighted by molar-refractivity contribution is 5.75. The van der Waals surface area contributed by atoms with E-state index in [1.807, 2.05) is 0 Å². The Morgan fingerprint density at radius 3 is 2.74 bits per heavy atom. The Bertz CT molecular complexity index is 518. The number of nitrogens with zero attached hydrogens (tertiary/aromatic N) is 1. The van der Waals surface area contributed by atoms with E-state index >= 15 is 0 Å². The first-order valence-electron chi connectivity index (χ1n) is 6.57. The second kappa shape index (κ2) is 5.42. The zero-order valence-electron chi connectivity index (χ0n) is 11.0. The largest absolute Gasteiger partial charge is 0.481 e. The van der Waals surface area contributed by atoms with E-state index in [4.69, 9.17) is 0 Å². The van der Waals surface area contributed by atoms with E-state index in [0.29, 0.717) is 31.0 Å². The second-order valence-electron chi connectivity index (χ2n) is 5.22. The molecule has 0 bridgehead atoms. The first-order valence-corrected chi connectivity index (χ1v) is 6.57. The molecule has 1 aromatic rings. The number of H-pyrrole nitrogens is 1. The molecule has 0 aliphatic heterocycles. The van der Waals surface area contributed by atoms with Gasteiger partial charge in [-0.05, 0) is 19.8 Å². The van der Waals surface area contributed by atoms with Gasteiger partial charge in [0.2, 0.25) is 0 Å². The van der Waals surface area contributed by atoms with E-state index in [1.165, 1.54) is 6.07 Å². The molecule has 1 aliphatic carbocycles. The Hall–Kier alpha value is -1.85. The van der Waals surface area contributed by atoms with Crippen molar-refractivity contribution in [1.29, 1.82) is 0 Å². The number of aryl methyl sites for hydroxylation is 1. The first kappa shape index (κ1) is 13.6. The topological polar surface area (TPSA) is 95.1 Å². The summed E-state index contributed by atoms with van der Waals surface area (Å²) in [7, 11) is 0. The number of aromatic nitrogens is 2. The fourth-order valence-corrected chi connectivity index (χ4v) is 2.62. The average Bonchev–Trinajstić information content (AvgIpc) is 2.36. The molecule has 2 rings (SSSR count). The van der Waals surface area contributed by atoms with Crippen molar-refractivity contribution >= 4 is 11.8 Å². The van der Waals surface area contributed by atoms with Gasteiger partial charge in [0.1, 0.15) is 11.6 Å². The SMILES string of the molecule is Cc1nc(NCC2(C(=O)O)CCCCC2)cc(=O)[nH]1. The van der Waals surface area contributed by atoms with Gasteiger partial charge in [0.25, 0.3) is 5.56 Å². The van der Waals surface area contributed by atoms with Crippen LogP contribution in [0, 0.1) is 12.3 Å². The number of rotatable bonds is 4. The monoisotopic (exact) mass is 265 g/mol. The van der Waals surface area contributed by atoms with Gasteiger partial charge in [-0.1, -0.05) is 19.3 Å². The average molecular weight is 265 g/mol. The molecule has 104 valence electrons. The van der Waals surface area contributed by atoms with Crippen LogP contribution in [0.1, 0.15) is 37.9 Å². The number of carboxylic acid groups (broad SMARTS) is 1. The maximum Gasteiger partial charge on any atom is 0.311 e. The molecule has 1 heterocycles. The van der Waals surface area contributed by atoms with Crippen molar-refractivity contribution < 1.29 is 9.90 Å². The third kappa shape index (κ3) is 3.13. The predicted octanol–water partition coefficient (Wildman–Crippen LogP) is 1.53. The summed E-state index contributed by atoms with van der Waals surface area (Å²) in [6.07, 6.45) is 4.33. The number of carboxylic acids is 1. The maximum atomic E-state index is 11.5. The Kier molecular flexibility index (Phi) is 3.87. The second-order valence-corrected chi connectivity index (χ2v) is 5.22. The Morgan fingerprint density at radius 1 is 1.47 bits per heavy atom. The molecule has 0 radical (unpaired) electrons. The molecule has 0 atom stereocenters. The molecule has 0 amide bonds. The van der Waals surface area contributed by atoms with Gasteiger partial charge < -0.3 is 15.4 Å². The van der Waals surface area contributed by atoms with Gasteiger partial charge in [0, 0.05) is 12.6 Å². The van der Waals surface area contributed by atoms with Crippen LogP contribution in [0.4, 0.5) is 5.82 Å². The van der Waals surface area contributed by atoms with Crippen molar-refractivity contribution in [2.75, 3.05) is 11.9 Å². The highest BCUT2D eigenvalue weighted by atomic mass is 16.4. The summed E-state index contributed by atoms with van der Waals surface area (Å²) in [5.41, 5.74) is -0.959. The molecule has 1 aliphatic rings. The van der Waals surface area contributed by atoms with Crippen molar-refractivity contribution in [3.63, 3.8) is 0 Å². The smallest absolute Gasteiger partial charge is 0.311 e. The van der Waals surface area contributed by atoms with Gasteiger partial charge in [-0.2, -0.15) is 0 Å². The van der Waals surface area contributed by atoms with Crippen LogP contribution in [0.25, 0.3) is 0 Å². The third-order valence-corrected chi connectivity index (χ3v) is 3.73. The Morgan fingerprint density at radius 2 is 2.16 bits per heavy atom. The highest BCUT2D eigenvalue weighted by Crippen LogP contribution is 2.36. The normalized spacial score (nSPS) is 17.9. The van der Waals surface area contributed by atoms with Crippen molar-refractivity contribution in [1.82, 2.24) is 9.97 Å². The van der Waals surface area contributed by atoms with Crippen molar-refractivity contribution in [2.24, 2.45) is 5.41 Å². The van der Waals surface area contributed by atoms with Crippen LogP contribution in [0.3, 0.4) is 0 Å². The number of hydrogen-bond acceptors (Lipinski definition) is 4. The summed E-state index contributed by atoms with van der Waals surface area (Å²) >= 11 is 0. The van der Waals surface area contributed by atoms with Crippen LogP contribution in [0.5, 0.6) is 0 Å². The van der Waals surface area contributed by atoms with Crippen LogP contribution in [-0.2, 0) is 4.79 Å². The summed E-state index contributed by atoms with van der Waals surface area (Å²) in [5, 5.41) is 12.5. The zero-order valence-corrected chi connectivity index (χ0v) is 11.0. The minimum atomic E-state index is -0.763. The molecule has 0 unspecified atom stereocenters. The van der Waals surface area contributed by atoms with E-state index < -0.39 is 11.4 Å². The molecule has 0 spiro atoms. The summed E-state index contributed by atoms with van der Waals surface area (Å²) in [5.74, 6) is 0.191. The van der Waals surface area contributed by atoms with Crippen LogP contribution < -0.4 is 10.9 Å². The Balaban J connectivity index is 2.10. The molecule has 1 aromatic heterocycles. The summed E-state index contributed by atoms with van der Waals surface area (Å²) in [4.78, 5) is 29.5. The number of carbonyl (C=O) groups is 1. The van der Waals surface area contributed by atoms with Crippen LogP contribution in [-0.4, -0.2) is 27.6 Å². The number of aliphatic carboxylic acids is 1. The fourth-order valence-electron chi connectivity index (χ4n) is 2.62. The Labute approximate surface area is 111 Å². The fraction of sp³-hybridized carbons (Fsp3) is 0.615. The standard InChI is InChI=1S/C13H19N3O3/c1-9-15-10(7-11(17)16-9)14-8-13(12(18)19)5-3-2-4-6-13/h7H,2-6,8H2,1H3,(H,18,19)(H2,14,15,16,17). The minimum absolute atomic E-state index is 0.233. The van der Waals surface area contributed by atoms with Gasteiger partial charge in [0.15, 0.2) is 0 Å². The molecule has 0 saturated heterocycles. The number of aromatic amines is 1. The van der Waals surface area contributed by atoms with Crippen molar-refractivity contribution in [2.45, 2.75) is 39.0 Å². The van der Waals surface area contributed by atoms with Gasteiger partial charge in [-0.3, -0.25) is 9.59 Å². The number of anilines is 1. The van der Waals surface area contributed by atoms with E-state index in [0.717, 1.165) is 19.3 Å². The molecule has 1 fully saturated rings. The summed E-state index contributed by atoms with van der Waals surface area (Å²) < 4.78 is 0. The quantitative estimate of drug-likeness (QED) is 0.767. The summed E-state index contributed by atoms with van der Waals surface area (Å²) in [6, 6.07) is 1.35. The lowest BCUT2D eigenvalue weighted by molar-refractivity contribution is -0.150. The maximum absolute atomic E-state index is 11.5. The summed E-state index contributed by atoms with van der Waals surface area (Å²) in [6.45, 7) is 2.01. The van der Waals surface area contributed by atoms with Crippen LogP contribution >= 0.6 is 0 Å². The third-order valence-electron chi connectivity index (χ3n) is 3.73. The lowest BCUT2D eigenvalue weighted by Gasteiger charge is -2.33. The lowest BCUT2D eigenvalue weighted by Crippen LogP contribution is -2.40. The van der Waals surface area contributed by atoms with E-state index in [9.17, 15) is 14.7 Å². The van der Waals surface area contributed by atoms with Gasteiger partial charge in [0.05, 0.1) is 5.41 Å². The molecule has 1 saturated carbocycles. The first-order chi connectivity index (χ1) is 9.02. The number of hydrogen-bond donors (Lipinski definition) is 3. The molecule has 0 aromatic carbocycles. The predicted molar refractivity (Wildman–Crippen MR) is 71.2 cm³/mol. The van der Waals surface area contributed by atoms with E-state index in [1.54, 1.807) is 6.92 Å². The highest BCUT2D eigenvalue weighted by Gasteiger charge is 2.39. The van der Waals surface area contributed by atoms with Gasteiger partial charge >= 0.3 is 5.97 Å². The molecule has 6 nitrogen and oxygen atoms in total. The van der Waals surface area contributed by atoms with Crippen molar-refractivity contribution in [3.8, 4) is 0 Å². The van der Waals surface area contributed by atoms with Crippen LogP contribution in [0.15, 0.2) is 10.9 Å². The van der Waals surface area contributed by atoms with Crippen molar-refractivity contribution in [3.05, 3.63) is 22.2 Å². The molecular formula is C13H19N3O3. The van der Waals surface area contributed by atoms with Gasteiger partial charge in [-0.15, -0.1) is 0 Å². The number of nitrogens with one attached hydrogen (secondary N) is 2. The van der Waals surface area contributed by atoms with E-state index in [2.05, 4.69) is 15.3 Å². The van der Waals surface area contributed by atoms with Crippen LogP contribution in [0.2, 0.25) is 0 Å². The minimum Gasteiger partial charge on any atom is -0.481 e. The molecular weight excluding hydrogens is 246 g/mol. The lowest BCUT2D eigenvalue weighted by atomic mass is 9.74. The van der Waals surface area contributed by atoms with Gasteiger partial charge in [-0.25, -0.2) is 4.98 Å². The zero-order chi connectivity index (χ0) is 13.9. The molecule has 3 N–H and O–H groups in total. The van der Waals surface area contributed by atoms with E-state index in [-0.39, 0.29) is 5.56 Å². The molecule has 6 heteroatoms.